The van der Waals surface area contributed by atoms with Crippen molar-refractivity contribution in [3.63, 3.8) is 0 Å². The molecule has 6 nitrogen and oxygen atoms in total. The summed E-state index contributed by atoms with van der Waals surface area (Å²) in [5.41, 5.74) is 2.35. The third kappa shape index (κ3) is 4.03. The summed E-state index contributed by atoms with van der Waals surface area (Å²) in [6.07, 6.45) is 1.13. The van der Waals surface area contributed by atoms with Gasteiger partial charge in [-0.3, -0.25) is 9.59 Å². The fourth-order valence-corrected chi connectivity index (χ4v) is 3.77. The Bertz CT molecular complexity index is 996. The van der Waals surface area contributed by atoms with Gasteiger partial charge in [-0.25, -0.2) is 8.42 Å². The monoisotopic (exact) mass is 387 g/mol. The number of Topliss-reactive ketones (excluding diaryl/α,β-unsaturated/α-hetero) is 1. The molecule has 0 fully saturated rings. The van der Waals surface area contributed by atoms with Crippen LogP contribution in [0.3, 0.4) is 0 Å². The molecule has 0 bridgehead atoms. The minimum absolute atomic E-state index is 0.0120. The highest BCUT2D eigenvalue weighted by Crippen LogP contribution is 2.29. The molecule has 1 amide bonds. The molecule has 27 heavy (non-hydrogen) atoms. The molecular formula is C20H21NO5S. The fourth-order valence-electron chi connectivity index (χ4n) is 3.14. The summed E-state index contributed by atoms with van der Waals surface area (Å²) in [6, 6.07) is 11.3. The van der Waals surface area contributed by atoms with Crippen LogP contribution >= 0.6 is 0 Å². The number of carbonyl (C=O) groups excluding carboxylic acids is 2. The smallest absolute Gasteiger partial charge is 0.223 e. The molecule has 0 saturated carbocycles. The molecule has 0 aliphatic carbocycles. The summed E-state index contributed by atoms with van der Waals surface area (Å²) in [5.74, 6) is 0.237. The van der Waals surface area contributed by atoms with Gasteiger partial charge in [0.2, 0.25) is 11.7 Å². The molecule has 1 heterocycles. The van der Waals surface area contributed by atoms with Gasteiger partial charge in [-0.05, 0) is 61.4 Å². The lowest BCUT2D eigenvalue weighted by molar-refractivity contribution is -0.116. The van der Waals surface area contributed by atoms with Crippen molar-refractivity contribution in [2.24, 2.45) is 0 Å². The number of rotatable bonds is 5. The molecule has 3 rings (SSSR count). The van der Waals surface area contributed by atoms with E-state index in [9.17, 15) is 18.0 Å². The fraction of sp³-hybridized carbons (Fsp3) is 0.300. The van der Waals surface area contributed by atoms with Crippen LogP contribution in [0.1, 0.15) is 29.8 Å². The minimum Gasteiger partial charge on any atom is -0.483 e. The van der Waals surface area contributed by atoms with Gasteiger partial charge >= 0.3 is 0 Å². The number of hydrogen-bond acceptors (Lipinski definition) is 5. The molecule has 0 radical (unpaired) electrons. The van der Waals surface area contributed by atoms with Gasteiger partial charge in [-0.15, -0.1) is 0 Å². The largest absolute Gasteiger partial charge is 0.483 e. The van der Waals surface area contributed by atoms with Crippen LogP contribution in [0.5, 0.6) is 5.75 Å². The van der Waals surface area contributed by atoms with Crippen molar-refractivity contribution in [2.45, 2.75) is 31.3 Å². The first kappa shape index (κ1) is 19.1. The molecule has 2 aromatic rings. The van der Waals surface area contributed by atoms with Crippen LogP contribution < -0.4 is 9.64 Å². The van der Waals surface area contributed by atoms with Crippen LogP contribution in [-0.4, -0.2) is 39.0 Å². The summed E-state index contributed by atoms with van der Waals surface area (Å²) >= 11 is 0. The molecule has 0 N–H and O–H groups in total. The number of hydrogen-bond donors (Lipinski definition) is 0. The molecule has 1 aliphatic rings. The van der Waals surface area contributed by atoms with Crippen molar-refractivity contribution in [3.05, 3.63) is 53.6 Å². The Morgan fingerprint density at radius 3 is 2.37 bits per heavy atom. The number of nitrogens with zero attached hydrogens (tertiary/aromatic N) is 1. The predicted octanol–water partition coefficient (Wildman–Crippen LogP) is 2.65. The first-order valence-corrected chi connectivity index (χ1v) is 10.5. The first-order valence-electron chi connectivity index (χ1n) is 8.59. The lowest BCUT2D eigenvalue weighted by Gasteiger charge is -2.16. The minimum atomic E-state index is -3.27. The molecule has 1 atom stereocenters. The van der Waals surface area contributed by atoms with E-state index < -0.39 is 15.9 Å². The van der Waals surface area contributed by atoms with Gasteiger partial charge in [0.1, 0.15) is 5.75 Å². The number of fused-ring (bicyclic) bond motifs is 1. The van der Waals surface area contributed by atoms with Gasteiger partial charge in [-0.1, -0.05) is 0 Å². The zero-order valence-electron chi connectivity index (χ0n) is 15.4. The highest BCUT2D eigenvalue weighted by atomic mass is 32.2. The van der Waals surface area contributed by atoms with Crippen LogP contribution in [0.25, 0.3) is 0 Å². The van der Waals surface area contributed by atoms with Crippen molar-refractivity contribution in [2.75, 3.05) is 17.7 Å². The van der Waals surface area contributed by atoms with Gasteiger partial charge in [-0.2, -0.15) is 0 Å². The SMILES string of the molecule is CC(=O)N1CCc2cc(C(=O)C(C)Oc3ccc(S(C)(=O)=O)cc3)ccc21. The van der Waals surface area contributed by atoms with Gasteiger partial charge < -0.3 is 9.64 Å². The van der Waals surface area contributed by atoms with Crippen molar-refractivity contribution in [3.8, 4) is 5.75 Å². The third-order valence-corrected chi connectivity index (χ3v) is 5.70. The Kier molecular flexibility index (Phi) is 5.06. The number of sulfone groups is 1. The van der Waals surface area contributed by atoms with Crippen molar-refractivity contribution in [1.82, 2.24) is 0 Å². The highest BCUT2D eigenvalue weighted by molar-refractivity contribution is 7.90. The highest BCUT2D eigenvalue weighted by Gasteiger charge is 2.25. The maximum Gasteiger partial charge on any atom is 0.223 e. The third-order valence-electron chi connectivity index (χ3n) is 4.57. The van der Waals surface area contributed by atoms with E-state index in [4.69, 9.17) is 4.74 Å². The maximum absolute atomic E-state index is 12.7. The van der Waals surface area contributed by atoms with E-state index in [1.54, 1.807) is 24.0 Å². The summed E-state index contributed by atoms with van der Waals surface area (Å²) in [4.78, 5) is 26.2. The average Bonchev–Trinajstić information content (AvgIpc) is 3.04. The van der Waals surface area contributed by atoms with Crippen LogP contribution in [-0.2, 0) is 21.1 Å². The first-order chi connectivity index (χ1) is 12.7. The zero-order chi connectivity index (χ0) is 19.8. The van der Waals surface area contributed by atoms with Crippen LogP contribution in [0.15, 0.2) is 47.4 Å². The quantitative estimate of drug-likeness (QED) is 0.737. The Balaban J connectivity index is 1.73. The van der Waals surface area contributed by atoms with E-state index in [2.05, 4.69) is 0 Å². The van der Waals surface area contributed by atoms with Gasteiger partial charge in [0.15, 0.2) is 15.9 Å². The van der Waals surface area contributed by atoms with E-state index in [1.165, 1.54) is 31.2 Å². The second-order valence-electron chi connectivity index (χ2n) is 6.63. The molecule has 1 aliphatic heterocycles. The molecule has 1 unspecified atom stereocenters. The van der Waals surface area contributed by atoms with E-state index in [-0.39, 0.29) is 16.6 Å². The van der Waals surface area contributed by atoms with Gasteiger partial charge in [0, 0.05) is 31.0 Å². The second-order valence-corrected chi connectivity index (χ2v) is 8.65. The molecule has 2 aromatic carbocycles. The lowest BCUT2D eigenvalue weighted by Crippen LogP contribution is -2.26. The number of amides is 1. The van der Waals surface area contributed by atoms with Crippen molar-refractivity contribution < 1.29 is 22.7 Å². The summed E-state index contributed by atoms with van der Waals surface area (Å²) in [5, 5.41) is 0. The Morgan fingerprint density at radius 1 is 1.11 bits per heavy atom. The molecule has 0 spiro atoms. The maximum atomic E-state index is 12.7. The Labute approximate surface area is 158 Å². The predicted molar refractivity (Wildman–Crippen MR) is 102 cm³/mol. The summed E-state index contributed by atoms with van der Waals surface area (Å²) < 4.78 is 28.7. The van der Waals surface area contributed by atoms with Gasteiger partial charge in [0.05, 0.1) is 4.90 Å². The normalized spacial score (nSPS) is 14.6. The van der Waals surface area contributed by atoms with Crippen LogP contribution in [0.4, 0.5) is 5.69 Å². The molecule has 0 saturated heterocycles. The van der Waals surface area contributed by atoms with E-state index in [0.717, 1.165) is 23.9 Å². The molecule has 7 heteroatoms. The number of benzene rings is 2. The average molecular weight is 387 g/mol. The standard InChI is InChI=1S/C20H21NO5S/c1-13(26-17-5-7-18(8-6-17)27(3,24)25)20(23)16-4-9-19-15(12-16)10-11-21(19)14(2)22/h4-9,12-13H,10-11H2,1-3H3. The second kappa shape index (κ2) is 7.15. The molecule has 142 valence electrons. The van der Waals surface area contributed by atoms with Crippen LogP contribution in [0.2, 0.25) is 0 Å². The van der Waals surface area contributed by atoms with E-state index >= 15 is 0 Å². The number of anilines is 1. The molecular weight excluding hydrogens is 366 g/mol. The topological polar surface area (TPSA) is 80.8 Å². The van der Waals surface area contributed by atoms with Crippen molar-refractivity contribution in [1.29, 1.82) is 0 Å². The number of carbonyl (C=O) groups is 2. The number of ketones is 1. The summed E-state index contributed by atoms with van der Waals surface area (Å²) in [7, 11) is -3.27. The molecule has 0 aromatic heterocycles. The summed E-state index contributed by atoms with van der Waals surface area (Å²) in [6.45, 7) is 3.81. The van der Waals surface area contributed by atoms with Crippen LogP contribution in [0, 0.1) is 0 Å². The van der Waals surface area contributed by atoms with E-state index in [0.29, 0.717) is 17.9 Å². The lowest BCUT2D eigenvalue weighted by atomic mass is 10.0. The zero-order valence-corrected chi connectivity index (χ0v) is 16.2. The van der Waals surface area contributed by atoms with Gasteiger partial charge in [0.25, 0.3) is 0 Å². The Morgan fingerprint density at radius 2 is 1.78 bits per heavy atom. The Hall–Kier alpha value is -2.67. The number of ether oxygens (including phenoxy) is 1. The van der Waals surface area contributed by atoms with E-state index in [1.807, 2.05) is 6.07 Å². The van der Waals surface area contributed by atoms with Crippen molar-refractivity contribution >= 4 is 27.2 Å².